The SMILES string of the molecule is CCCC/C=C\CCCCCCCC(=O)OCCCCCCCCCCCCCCCCC(=O)NC(CO)C(O)/C=C/CCCCCCCCCCCC. The second-order valence-electron chi connectivity index (χ2n) is 16.1. The smallest absolute Gasteiger partial charge is 0.305 e. The van der Waals surface area contributed by atoms with Crippen LogP contribution < -0.4 is 5.32 Å². The van der Waals surface area contributed by atoms with Gasteiger partial charge in [-0.15, -0.1) is 0 Å². The van der Waals surface area contributed by atoms with Crippen molar-refractivity contribution in [2.45, 2.75) is 257 Å². The molecule has 6 nitrogen and oxygen atoms in total. The van der Waals surface area contributed by atoms with Gasteiger partial charge in [0, 0.05) is 12.8 Å². The Kier molecular flexibility index (Phi) is 42.7. The minimum atomic E-state index is -0.849. The maximum atomic E-state index is 12.4. The van der Waals surface area contributed by atoms with Crippen LogP contribution >= 0.6 is 0 Å². The number of ether oxygens (including phenoxy) is 1. The molecular weight excluding hydrogens is 671 g/mol. The van der Waals surface area contributed by atoms with Gasteiger partial charge in [-0.1, -0.05) is 205 Å². The van der Waals surface area contributed by atoms with Gasteiger partial charge in [0.15, 0.2) is 0 Å². The summed E-state index contributed by atoms with van der Waals surface area (Å²) in [6, 6.07) is -0.634. The maximum absolute atomic E-state index is 12.4. The molecule has 0 spiro atoms. The number of nitrogens with one attached hydrogen (secondary N) is 1. The molecule has 0 saturated heterocycles. The number of allylic oxidation sites excluding steroid dienone is 3. The van der Waals surface area contributed by atoms with Gasteiger partial charge >= 0.3 is 5.97 Å². The Bertz CT molecular complexity index is 843. The molecule has 318 valence electrons. The molecule has 0 bridgehead atoms. The molecule has 0 heterocycles. The average molecular weight is 762 g/mol. The standard InChI is InChI=1S/C48H91NO5/c1-3-5-7-9-11-13-15-21-24-28-32-36-40-46(51)45(44-50)49-47(52)41-37-33-29-25-22-18-16-17-19-23-27-31-35-39-43-54-48(53)42-38-34-30-26-20-14-12-10-8-6-4-2/h10,12,36,40,45-46,50-51H,3-9,11,13-35,37-39,41-44H2,1-2H3,(H,49,52)/b12-10-,40-36+. The second-order valence-corrected chi connectivity index (χ2v) is 16.1. The van der Waals surface area contributed by atoms with Crippen molar-refractivity contribution in [1.82, 2.24) is 5.32 Å². The van der Waals surface area contributed by atoms with Gasteiger partial charge in [0.2, 0.25) is 5.91 Å². The summed E-state index contributed by atoms with van der Waals surface area (Å²) in [6.07, 6.45) is 50.2. The number of carbonyl (C=O) groups is 2. The van der Waals surface area contributed by atoms with Crippen LogP contribution in [-0.2, 0) is 14.3 Å². The van der Waals surface area contributed by atoms with Crippen molar-refractivity contribution in [3.63, 3.8) is 0 Å². The van der Waals surface area contributed by atoms with Crippen molar-refractivity contribution in [2.75, 3.05) is 13.2 Å². The molecule has 0 aromatic rings. The first-order chi connectivity index (χ1) is 26.5. The van der Waals surface area contributed by atoms with E-state index in [-0.39, 0.29) is 18.5 Å². The van der Waals surface area contributed by atoms with Crippen LogP contribution in [0.4, 0.5) is 0 Å². The normalized spacial score (nSPS) is 12.9. The molecule has 2 unspecified atom stereocenters. The summed E-state index contributed by atoms with van der Waals surface area (Å²) < 4.78 is 5.43. The van der Waals surface area contributed by atoms with Crippen LogP contribution in [0.1, 0.15) is 245 Å². The fourth-order valence-corrected chi connectivity index (χ4v) is 7.02. The first-order valence-corrected chi connectivity index (χ1v) is 23.6. The molecule has 0 aliphatic carbocycles. The van der Waals surface area contributed by atoms with Crippen LogP contribution in [-0.4, -0.2) is 47.4 Å². The highest BCUT2D eigenvalue weighted by atomic mass is 16.5. The highest BCUT2D eigenvalue weighted by Crippen LogP contribution is 2.15. The Labute approximate surface area is 335 Å². The lowest BCUT2D eigenvalue weighted by atomic mass is 10.0. The summed E-state index contributed by atoms with van der Waals surface area (Å²) in [5.74, 6) is -0.0956. The van der Waals surface area contributed by atoms with E-state index in [2.05, 4.69) is 31.3 Å². The Morgan fingerprint density at radius 1 is 0.500 bits per heavy atom. The molecule has 0 saturated carbocycles. The average Bonchev–Trinajstić information content (AvgIpc) is 3.17. The molecule has 0 aliphatic heterocycles. The zero-order chi connectivity index (χ0) is 39.4. The molecule has 54 heavy (non-hydrogen) atoms. The minimum Gasteiger partial charge on any atom is -0.466 e. The molecular formula is C48H91NO5. The molecule has 0 aromatic heterocycles. The van der Waals surface area contributed by atoms with Crippen molar-refractivity contribution < 1.29 is 24.5 Å². The number of hydrogen-bond donors (Lipinski definition) is 3. The largest absolute Gasteiger partial charge is 0.466 e. The first kappa shape index (κ1) is 52.3. The van der Waals surface area contributed by atoms with Crippen molar-refractivity contribution in [3.05, 3.63) is 24.3 Å². The number of esters is 1. The van der Waals surface area contributed by atoms with Crippen molar-refractivity contribution in [3.8, 4) is 0 Å². The van der Waals surface area contributed by atoms with Crippen LogP contribution in [0.5, 0.6) is 0 Å². The number of aliphatic hydroxyl groups excluding tert-OH is 2. The zero-order valence-electron chi connectivity index (χ0n) is 36.0. The van der Waals surface area contributed by atoms with E-state index in [0.29, 0.717) is 19.4 Å². The van der Waals surface area contributed by atoms with E-state index in [9.17, 15) is 19.8 Å². The number of carbonyl (C=O) groups excluding carboxylic acids is 2. The van der Waals surface area contributed by atoms with Gasteiger partial charge in [-0.05, 0) is 51.4 Å². The van der Waals surface area contributed by atoms with Crippen molar-refractivity contribution in [1.29, 1.82) is 0 Å². The number of unbranched alkanes of at least 4 members (excludes halogenated alkanes) is 30. The van der Waals surface area contributed by atoms with E-state index in [1.165, 1.54) is 161 Å². The Balaban J connectivity index is 3.49. The quantitative estimate of drug-likeness (QED) is 0.0327. The Morgan fingerprint density at radius 3 is 1.37 bits per heavy atom. The van der Waals surface area contributed by atoms with Crippen molar-refractivity contribution >= 4 is 11.9 Å². The molecule has 0 aliphatic rings. The Hall–Kier alpha value is -1.66. The van der Waals surface area contributed by atoms with Crippen LogP contribution in [0.15, 0.2) is 24.3 Å². The van der Waals surface area contributed by atoms with E-state index >= 15 is 0 Å². The van der Waals surface area contributed by atoms with E-state index in [0.717, 1.165) is 57.8 Å². The highest BCUT2D eigenvalue weighted by molar-refractivity contribution is 5.76. The van der Waals surface area contributed by atoms with Gasteiger partial charge in [0.25, 0.3) is 0 Å². The number of rotatable bonds is 43. The summed E-state index contributed by atoms with van der Waals surface area (Å²) in [6.45, 7) is 4.82. The molecule has 6 heteroatoms. The third kappa shape index (κ3) is 40.0. The number of amides is 1. The molecule has 2 atom stereocenters. The van der Waals surface area contributed by atoms with Gasteiger partial charge in [-0.3, -0.25) is 9.59 Å². The summed E-state index contributed by atoms with van der Waals surface area (Å²) in [5, 5.41) is 23.0. The summed E-state index contributed by atoms with van der Waals surface area (Å²) in [4.78, 5) is 24.3. The zero-order valence-corrected chi connectivity index (χ0v) is 36.0. The van der Waals surface area contributed by atoms with Crippen LogP contribution in [0.2, 0.25) is 0 Å². The molecule has 3 N–H and O–H groups in total. The molecule has 0 aromatic carbocycles. The van der Waals surface area contributed by atoms with Gasteiger partial charge < -0.3 is 20.3 Å². The summed E-state index contributed by atoms with van der Waals surface area (Å²) in [7, 11) is 0. The number of aliphatic hydroxyl groups is 2. The number of hydrogen-bond acceptors (Lipinski definition) is 5. The van der Waals surface area contributed by atoms with Gasteiger partial charge in [-0.2, -0.15) is 0 Å². The summed E-state index contributed by atoms with van der Waals surface area (Å²) in [5.41, 5.74) is 0. The lowest BCUT2D eigenvalue weighted by Crippen LogP contribution is -2.45. The Morgan fingerprint density at radius 2 is 0.889 bits per heavy atom. The third-order valence-electron chi connectivity index (χ3n) is 10.7. The van der Waals surface area contributed by atoms with E-state index in [1.54, 1.807) is 6.08 Å². The minimum absolute atomic E-state index is 0.0153. The second kappa shape index (κ2) is 44.1. The molecule has 0 rings (SSSR count). The van der Waals surface area contributed by atoms with E-state index in [1.807, 2.05) is 6.08 Å². The molecule has 0 radical (unpaired) electrons. The first-order valence-electron chi connectivity index (χ1n) is 23.6. The summed E-state index contributed by atoms with van der Waals surface area (Å²) >= 11 is 0. The predicted octanol–water partition coefficient (Wildman–Crippen LogP) is 13.6. The molecule has 1 amide bonds. The van der Waals surface area contributed by atoms with Gasteiger partial charge in [0.1, 0.15) is 0 Å². The van der Waals surface area contributed by atoms with Crippen LogP contribution in [0.25, 0.3) is 0 Å². The molecule has 0 fully saturated rings. The van der Waals surface area contributed by atoms with Crippen molar-refractivity contribution in [2.24, 2.45) is 0 Å². The van der Waals surface area contributed by atoms with Gasteiger partial charge in [-0.25, -0.2) is 0 Å². The van der Waals surface area contributed by atoms with E-state index < -0.39 is 12.1 Å². The lowest BCUT2D eigenvalue weighted by molar-refractivity contribution is -0.143. The predicted molar refractivity (Wildman–Crippen MR) is 232 cm³/mol. The van der Waals surface area contributed by atoms with E-state index in [4.69, 9.17) is 4.74 Å². The van der Waals surface area contributed by atoms with Crippen LogP contribution in [0, 0.1) is 0 Å². The topological polar surface area (TPSA) is 95.9 Å². The third-order valence-corrected chi connectivity index (χ3v) is 10.7. The lowest BCUT2D eigenvalue weighted by Gasteiger charge is -2.20. The van der Waals surface area contributed by atoms with Crippen LogP contribution in [0.3, 0.4) is 0 Å². The fraction of sp³-hybridized carbons (Fsp3) is 0.875. The monoisotopic (exact) mass is 762 g/mol. The maximum Gasteiger partial charge on any atom is 0.305 e. The fourth-order valence-electron chi connectivity index (χ4n) is 7.02. The van der Waals surface area contributed by atoms with Gasteiger partial charge in [0.05, 0.1) is 25.4 Å². The highest BCUT2D eigenvalue weighted by Gasteiger charge is 2.18.